The molecule has 1 N–H and O–H groups in total. The summed E-state index contributed by atoms with van der Waals surface area (Å²) in [6.45, 7) is 9.85. The number of nitrogens with zero attached hydrogens (tertiary/aromatic N) is 1. The second-order valence-corrected chi connectivity index (χ2v) is 7.34. The quantitative estimate of drug-likeness (QED) is 0.807. The molecule has 0 radical (unpaired) electrons. The summed E-state index contributed by atoms with van der Waals surface area (Å²) in [4.78, 5) is 2.63. The monoisotopic (exact) mass is 250 g/mol. The number of nitrogens with one attached hydrogen (secondary N) is 1. The van der Waals surface area contributed by atoms with Crippen molar-refractivity contribution in [2.24, 2.45) is 23.7 Å². The molecular formula is C16H30N2. The van der Waals surface area contributed by atoms with Crippen LogP contribution in [0.2, 0.25) is 0 Å². The lowest BCUT2D eigenvalue weighted by Crippen LogP contribution is -2.33. The first-order chi connectivity index (χ1) is 8.72. The first kappa shape index (κ1) is 12.9. The second kappa shape index (κ2) is 5.50. The lowest BCUT2D eigenvalue weighted by atomic mass is 9.89. The SMILES string of the molecule is CC(C)N1CCC(CNCC2CC3CCC2C3)C1. The molecule has 0 spiro atoms. The zero-order valence-corrected chi connectivity index (χ0v) is 12.2. The molecule has 0 amide bonds. The summed E-state index contributed by atoms with van der Waals surface area (Å²) < 4.78 is 0. The third kappa shape index (κ3) is 2.75. The van der Waals surface area contributed by atoms with Gasteiger partial charge in [-0.25, -0.2) is 0 Å². The third-order valence-corrected chi connectivity index (χ3v) is 5.77. The molecule has 0 aromatic rings. The highest BCUT2D eigenvalue weighted by Gasteiger charge is 2.39. The molecule has 18 heavy (non-hydrogen) atoms. The summed E-state index contributed by atoms with van der Waals surface area (Å²) >= 11 is 0. The van der Waals surface area contributed by atoms with E-state index in [1.54, 1.807) is 6.42 Å². The van der Waals surface area contributed by atoms with Gasteiger partial charge in [-0.2, -0.15) is 0 Å². The van der Waals surface area contributed by atoms with Crippen LogP contribution < -0.4 is 5.32 Å². The van der Waals surface area contributed by atoms with Gasteiger partial charge in [-0.15, -0.1) is 0 Å². The first-order valence-corrected chi connectivity index (χ1v) is 8.17. The molecule has 2 aliphatic carbocycles. The van der Waals surface area contributed by atoms with Crippen LogP contribution in [-0.2, 0) is 0 Å². The van der Waals surface area contributed by atoms with Gasteiger partial charge >= 0.3 is 0 Å². The Morgan fingerprint density at radius 3 is 2.61 bits per heavy atom. The van der Waals surface area contributed by atoms with E-state index in [9.17, 15) is 0 Å². The Hall–Kier alpha value is -0.0800. The summed E-state index contributed by atoms with van der Waals surface area (Å²) in [7, 11) is 0. The molecule has 2 bridgehead atoms. The van der Waals surface area contributed by atoms with E-state index in [-0.39, 0.29) is 0 Å². The standard InChI is InChI=1S/C16H30N2/c1-12(2)18-6-5-14(11-18)9-17-10-16-8-13-3-4-15(16)7-13/h12-17H,3-11H2,1-2H3. The Labute approximate surface area is 113 Å². The van der Waals surface area contributed by atoms with Crippen molar-refractivity contribution in [3.05, 3.63) is 0 Å². The highest BCUT2D eigenvalue weighted by Crippen LogP contribution is 2.47. The number of likely N-dealkylation sites (tertiary alicyclic amines) is 1. The largest absolute Gasteiger partial charge is 0.316 e. The van der Waals surface area contributed by atoms with Crippen molar-refractivity contribution in [1.29, 1.82) is 0 Å². The second-order valence-electron chi connectivity index (χ2n) is 7.34. The fourth-order valence-corrected chi connectivity index (χ4v) is 4.60. The molecule has 1 aliphatic heterocycles. The van der Waals surface area contributed by atoms with Crippen LogP contribution in [0.3, 0.4) is 0 Å². The number of hydrogen-bond acceptors (Lipinski definition) is 2. The first-order valence-electron chi connectivity index (χ1n) is 8.17. The Morgan fingerprint density at radius 1 is 1.11 bits per heavy atom. The maximum absolute atomic E-state index is 3.79. The topological polar surface area (TPSA) is 15.3 Å². The van der Waals surface area contributed by atoms with Crippen molar-refractivity contribution in [1.82, 2.24) is 10.2 Å². The van der Waals surface area contributed by atoms with Gasteiger partial charge in [0.15, 0.2) is 0 Å². The highest BCUT2D eigenvalue weighted by atomic mass is 15.2. The van der Waals surface area contributed by atoms with Gasteiger partial charge in [-0.05, 0) is 82.8 Å². The van der Waals surface area contributed by atoms with Crippen molar-refractivity contribution < 1.29 is 0 Å². The van der Waals surface area contributed by atoms with Crippen LogP contribution in [-0.4, -0.2) is 37.1 Å². The summed E-state index contributed by atoms with van der Waals surface area (Å²) in [6, 6.07) is 0.737. The summed E-state index contributed by atoms with van der Waals surface area (Å²) in [5, 5.41) is 3.79. The fraction of sp³-hybridized carbons (Fsp3) is 1.00. The van der Waals surface area contributed by atoms with Crippen molar-refractivity contribution in [3.63, 3.8) is 0 Å². The maximum Gasteiger partial charge on any atom is 0.00387 e. The fourth-order valence-electron chi connectivity index (χ4n) is 4.60. The molecule has 2 saturated carbocycles. The van der Waals surface area contributed by atoms with Crippen LogP contribution in [0, 0.1) is 23.7 Å². The lowest BCUT2D eigenvalue weighted by molar-refractivity contribution is 0.261. The van der Waals surface area contributed by atoms with Crippen LogP contribution in [0.15, 0.2) is 0 Å². The van der Waals surface area contributed by atoms with Gasteiger partial charge < -0.3 is 10.2 Å². The van der Waals surface area contributed by atoms with E-state index < -0.39 is 0 Å². The Morgan fingerprint density at radius 2 is 2.00 bits per heavy atom. The molecule has 1 heterocycles. The summed E-state index contributed by atoms with van der Waals surface area (Å²) in [5.74, 6) is 4.11. The van der Waals surface area contributed by atoms with E-state index in [1.165, 1.54) is 51.9 Å². The molecule has 3 rings (SSSR count). The van der Waals surface area contributed by atoms with Gasteiger partial charge in [-0.1, -0.05) is 6.42 Å². The van der Waals surface area contributed by atoms with Gasteiger partial charge in [-0.3, -0.25) is 0 Å². The van der Waals surface area contributed by atoms with Crippen LogP contribution >= 0.6 is 0 Å². The minimum absolute atomic E-state index is 0.737. The van der Waals surface area contributed by atoms with Gasteiger partial charge in [0.1, 0.15) is 0 Å². The van der Waals surface area contributed by atoms with Crippen LogP contribution in [0.25, 0.3) is 0 Å². The summed E-state index contributed by atoms with van der Waals surface area (Å²) in [6.07, 6.45) is 7.55. The van der Waals surface area contributed by atoms with Crippen molar-refractivity contribution in [2.75, 3.05) is 26.2 Å². The molecule has 0 aromatic heterocycles. The molecule has 4 atom stereocenters. The van der Waals surface area contributed by atoms with Crippen molar-refractivity contribution >= 4 is 0 Å². The molecule has 104 valence electrons. The molecule has 2 nitrogen and oxygen atoms in total. The molecule has 3 aliphatic rings. The molecule has 3 fully saturated rings. The minimum atomic E-state index is 0.737. The molecule has 1 saturated heterocycles. The van der Waals surface area contributed by atoms with Crippen LogP contribution in [0.1, 0.15) is 46.0 Å². The molecule has 4 unspecified atom stereocenters. The Bertz CT molecular complexity index is 276. The molecule has 0 aromatic carbocycles. The van der Waals surface area contributed by atoms with E-state index in [4.69, 9.17) is 0 Å². The number of fused-ring (bicyclic) bond motifs is 2. The Kier molecular flexibility index (Phi) is 3.95. The number of rotatable bonds is 5. The average molecular weight is 250 g/mol. The molecule has 2 heteroatoms. The normalized spacial score (nSPS) is 40.2. The maximum atomic E-state index is 3.79. The van der Waals surface area contributed by atoms with Gasteiger partial charge in [0, 0.05) is 12.6 Å². The highest BCUT2D eigenvalue weighted by molar-refractivity contribution is 4.91. The zero-order valence-electron chi connectivity index (χ0n) is 12.2. The van der Waals surface area contributed by atoms with Crippen LogP contribution in [0.5, 0.6) is 0 Å². The minimum Gasteiger partial charge on any atom is -0.316 e. The van der Waals surface area contributed by atoms with Crippen molar-refractivity contribution in [2.45, 2.75) is 52.0 Å². The van der Waals surface area contributed by atoms with E-state index in [0.717, 1.165) is 29.7 Å². The van der Waals surface area contributed by atoms with Gasteiger partial charge in [0.25, 0.3) is 0 Å². The van der Waals surface area contributed by atoms with E-state index in [0.29, 0.717) is 0 Å². The third-order valence-electron chi connectivity index (χ3n) is 5.77. The Balaban J connectivity index is 1.33. The predicted molar refractivity (Wildman–Crippen MR) is 76.6 cm³/mol. The number of hydrogen-bond donors (Lipinski definition) is 1. The predicted octanol–water partition coefficient (Wildman–Crippen LogP) is 2.74. The van der Waals surface area contributed by atoms with E-state index in [1.807, 2.05) is 0 Å². The summed E-state index contributed by atoms with van der Waals surface area (Å²) in [5.41, 5.74) is 0. The van der Waals surface area contributed by atoms with Crippen molar-refractivity contribution in [3.8, 4) is 0 Å². The smallest absolute Gasteiger partial charge is 0.00387 e. The average Bonchev–Trinajstić information content (AvgIpc) is 3.03. The molecular weight excluding hydrogens is 220 g/mol. The van der Waals surface area contributed by atoms with Crippen LogP contribution in [0.4, 0.5) is 0 Å². The lowest BCUT2D eigenvalue weighted by Gasteiger charge is -2.23. The van der Waals surface area contributed by atoms with Gasteiger partial charge in [0.2, 0.25) is 0 Å². The van der Waals surface area contributed by atoms with E-state index >= 15 is 0 Å². The zero-order chi connectivity index (χ0) is 12.5. The van der Waals surface area contributed by atoms with E-state index in [2.05, 4.69) is 24.1 Å². The van der Waals surface area contributed by atoms with Gasteiger partial charge in [0.05, 0.1) is 0 Å².